The molecule has 0 spiro atoms. The normalized spacial score (nSPS) is 12.6. The van der Waals surface area contributed by atoms with E-state index in [4.69, 9.17) is 39.5 Å². The molecule has 3 aliphatic heterocycles. The monoisotopic (exact) mass is 2280 g/mol. The molecule has 0 bridgehead atoms. The van der Waals surface area contributed by atoms with Crippen molar-refractivity contribution in [3.63, 3.8) is 0 Å². The Hall–Kier alpha value is -15.1. The average molecular weight is 2280 g/mol. The number of rotatable bonds is 21. The smallest absolute Gasteiger partial charge is 0.153 e. The van der Waals surface area contributed by atoms with Crippen LogP contribution in [0.5, 0.6) is 34.5 Å². The van der Waals surface area contributed by atoms with E-state index in [0.29, 0.717) is 51.7 Å². The van der Waals surface area contributed by atoms with Gasteiger partial charge in [-0.05, 0) is 88.9 Å². The van der Waals surface area contributed by atoms with Gasteiger partial charge in [-0.15, -0.1) is 146 Å². The first-order chi connectivity index (χ1) is 64.4. The Kier molecular flexibility index (Phi) is 29.8. The Morgan fingerprint density at radius 2 is 0.537 bits per heavy atom. The fourth-order valence-electron chi connectivity index (χ4n) is 14.8. The van der Waals surface area contributed by atoms with Gasteiger partial charge in [0.15, 0.2) is 5.82 Å². The van der Waals surface area contributed by atoms with Crippen LogP contribution in [0.25, 0.3) is 67.8 Å². The van der Waals surface area contributed by atoms with Crippen LogP contribution in [0.15, 0.2) is 428 Å². The summed E-state index contributed by atoms with van der Waals surface area (Å²) < 4.78 is 18.8. The number of aryl methyl sites for hydroxylation is 1. The zero-order valence-corrected chi connectivity index (χ0v) is 79.7. The summed E-state index contributed by atoms with van der Waals surface area (Å²) in [4.78, 5) is 29.5. The quantitative estimate of drug-likeness (QED) is 0.0628. The molecule has 0 radical (unpaired) electrons. The van der Waals surface area contributed by atoms with Gasteiger partial charge in [0.05, 0.1) is 17.2 Å². The minimum atomic E-state index is -0.0454. The third-order valence-corrected chi connectivity index (χ3v) is 21.3. The van der Waals surface area contributed by atoms with Gasteiger partial charge in [-0.1, -0.05) is 310 Å². The van der Waals surface area contributed by atoms with Gasteiger partial charge < -0.3 is 43.9 Å². The Morgan fingerprint density at radius 1 is 0.261 bits per heavy atom. The van der Waals surface area contributed by atoms with Gasteiger partial charge in [-0.3, -0.25) is 19.9 Å². The van der Waals surface area contributed by atoms with Gasteiger partial charge in [0.2, 0.25) is 0 Å². The molecule has 6 heterocycles. The van der Waals surface area contributed by atoms with Crippen molar-refractivity contribution in [3.8, 4) is 102 Å². The second kappa shape index (κ2) is 43.3. The van der Waals surface area contributed by atoms with Crippen molar-refractivity contribution < 1.29 is 77.4 Å². The van der Waals surface area contributed by atoms with E-state index < -0.39 is 0 Å². The maximum atomic E-state index is 6.33. The summed E-state index contributed by atoms with van der Waals surface area (Å²) >= 11 is 0. The summed E-state index contributed by atoms with van der Waals surface area (Å²) in [7, 11) is 0. The second-order valence-corrected chi connectivity index (χ2v) is 31.7. The summed E-state index contributed by atoms with van der Waals surface area (Å²) in [5, 5.41) is 20.3. The number of benzene rings is 15. The van der Waals surface area contributed by atoms with Crippen LogP contribution in [0.1, 0.15) is 48.6 Å². The summed E-state index contributed by atoms with van der Waals surface area (Å²) in [6.45, 7) is 14.6. The van der Waals surface area contributed by atoms with Crippen molar-refractivity contribution in [2.45, 2.75) is 33.1 Å². The minimum absolute atomic E-state index is 0. The number of pyridine rings is 2. The molecule has 0 saturated heterocycles. The molecule has 15 aromatic carbocycles. The van der Waals surface area contributed by atoms with Crippen LogP contribution in [-0.4, -0.2) is 42.4 Å². The van der Waals surface area contributed by atoms with Gasteiger partial charge in [0.1, 0.15) is 23.8 Å². The van der Waals surface area contributed by atoms with Gasteiger partial charge in [0.25, 0.3) is 0 Å². The van der Waals surface area contributed by atoms with Crippen LogP contribution in [0.4, 0.5) is 34.1 Å². The first kappa shape index (κ1) is 92.2. The van der Waals surface area contributed by atoms with Crippen molar-refractivity contribution >= 4 is 51.6 Å². The maximum Gasteiger partial charge on any atom is 0.153 e. The van der Waals surface area contributed by atoms with Crippen molar-refractivity contribution in [2.75, 3.05) is 29.7 Å². The van der Waals surface area contributed by atoms with Crippen LogP contribution in [0, 0.1) is 63.3 Å². The zero-order chi connectivity index (χ0) is 88.7. The fourth-order valence-corrected chi connectivity index (χ4v) is 14.8. The predicted octanol–water partition coefficient (Wildman–Crippen LogP) is 26.2. The van der Waals surface area contributed by atoms with Crippen molar-refractivity contribution in [1.29, 1.82) is 0 Å². The van der Waals surface area contributed by atoms with E-state index in [0.717, 1.165) is 124 Å². The van der Waals surface area contributed by atoms with Crippen molar-refractivity contribution in [2.24, 2.45) is 15.3 Å². The number of hydrogen-bond acceptors (Lipinski definition) is 17. The summed E-state index contributed by atoms with van der Waals surface area (Å²) in [5.41, 5.74) is 19.7. The van der Waals surface area contributed by atoms with Gasteiger partial charge >= 0.3 is 0 Å². The predicted molar refractivity (Wildman–Crippen MR) is 523 cm³/mol. The largest absolute Gasteiger partial charge is 0.503 e. The topological polar surface area (TPSA) is 149 Å². The summed E-state index contributed by atoms with van der Waals surface area (Å²) in [6.07, 6.45) is 1.51. The van der Waals surface area contributed by atoms with E-state index in [9.17, 15) is 0 Å². The van der Waals surface area contributed by atoms with E-state index in [1.807, 2.05) is 327 Å². The fraction of sp³-hybridized carbons (Fsp3) is 0.0439. The standard InChI is InChI=1S/C41H33N4O.C38H27N4O.C35H23N6O.3Pt/c1-41(2,3)33-26-38(30-15-7-4-8-16-30)42-39(27-33)32-19-13-23-36(25-32)46-37-24-14-22-35(28-37)45-29-44(34-20-11-6-12-21-34)40(43-45)31-17-9-5-10-18-31;1-28-23-36(29-13-5-2-6-14-29)39-37(24-28)31-17-11-21-34(25-31)43-35-22-12-20-33(26-35)42-27-41(32-18-9-4-10-19-32)38(40-42)30-15-7-3-8-16-30;1-4-12-26(13-5-1)33-36-24-37-34(38-33)28-16-10-20-31(22-28)42-32-21-11-19-30(23-32)41-25-40(29-17-8-3-9-18-29)35(39-41)27-14-6-2-7-15-27;;;/h4-24,26-27,29H,1-3H3;2-24,27H,1H3;1-21,24-25H;;;/q3*-3;;;. The number of hydrogen-bond donors (Lipinski definition) is 0. The molecule has 134 heavy (non-hydrogen) atoms. The third-order valence-electron chi connectivity index (χ3n) is 21.3. The third kappa shape index (κ3) is 22.4. The molecule has 0 N–H and O–H groups in total. The number of nitrogens with zero attached hydrogens (tertiary/aromatic N) is 14. The van der Waals surface area contributed by atoms with Gasteiger partial charge in [-0.2, -0.15) is 33.5 Å². The van der Waals surface area contributed by atoms with E-state index in [1.165, 1.54) is 11.9 Å². The van der Waals surface area contributed by atoms with E-state index in [2.05, 4.69) is 203 Å². The van der Waals surface area contributed by atoms with Crippen molar-refractivity contribution in [3.05, 3.63) is 497 Å². The first-order valence-corrected chi connectivity index (χ1v) is 42.8. The molecule has 0 atom stereocenters. The number of anilines is 6. The van der Waals surface area contributed by atoms with Gasteiger partial charge in [-0.25, -0.2) is 4.98 Å². The molecule has 18 aromatic rings. The number of amidine groups is 3. The molecule has 21 rings (SSSR count). The first-order valence-electron chi connectivity index (χ1n) is 42.8. The van der Waals surface area contributed by atoms with Gasteiger partial charge in [0, 0.05) is 137 Å². The number of ether oxygens (including phenoxy) is 3. The molecule has 3 aliphatic rings. The molecule has 0 fully saturated rings. The molecule has 3 aromatic heterocycles. The van der Waals surface area contributed by atoms with Crippen LogP contribution in [-0.2, 0) is 68.6 Å². The average Bonchev–Trinajstić information content (AvgIpc) is 1.18. The van der Waals surface area contributed by atoms with Crippen molar-refractivity contribution in [1.82, 2.24) is 24.9 Å². The second-order valence-electron chi connectivity index (χ2n) is 31.7. The summed E-state index contributed by atoms with van der Waals surface area (Å²) in [6, 6.07) is 155. The molecule has 0 aliphatic carbocycles. The minimum Gasteiger partial charge on any atom is -0.503 e. The molecule has 0 unspecified atom stereocenters. The molecular weight excluding hydrogens is 2200 g/mol. The Balaban J connectivity index is 0.000000145. The Labute approximate surface area is 824 Å². The molecular formula is C114H83N14O3Pt3-9. The number of aromatic nitrogens is 5. The SMILES string of the molecule is CC(C)(C)c1cc(-c2[c-]c(Oc3[c-]c(N4[CH-]N(c5ccccc5)C(c5ccccc5)=N4)ccc3)ccc2)nc(-c2ccccc2)c1.Cc1cc(-c2[c-]c(Oc3[c-]c(N4[CH-]N(c5ccccc5)C(c5ccccc5)=N4)ccc3)ccc2)nc(-c2ccccc2)c1.[Pt].[Pt].[Pt].[c-]1c(Oc2[c-]c(N3[CH-]N(c4ccccc4)C(c4ccccc4)=N3)ccc2)cccc1-c1ncnc(-c2ccccc2)n1. The molecule has 0 amide bonds. The Bertz CT molecular complexity index is 7080. The zero-order valence-electron chi connectivity index (χ0n) is 72.9. The Morgan fingerprint density at radius 3 is 0.896 bits per heavy atom. The van der Waals surface area contributed by atoms with Crippen LogP contribution < -0.4 is 43.9 Å². The van der Waals surface area contributed by atoms with E-state index in [1.54, 1.807) is 5.01 Å². The molecule has 20 heteroatoms. The maximum absolute atomic E-state index is 6.33. The van der Waals surface area contributed by atoms with E-state index >= 15 is 0 Å². The summed E-state index contributed by atoms with van der Waals surface area (Å²) in [5.74, 6) is 6.93. The van der Waals surface area contributed by atoms with E-state index in [-0.39, 0.29) is 68.6 Å². The van der Waals surface area contributed by atoms with Crippen LogP contribution >= 0.6 is 0 Å². The molecule has 17 nitrogen and oxygen atoms in total. The molecule has 0 saturated carbocycles. The number of hydrazone groups is 3. The molecule has 666 valence electrons. The number of para-hydroxylation sites is 3. The van der Waals surface area contributed by atoms with Crippen LogP contribution in [0.2, 0.25) is 0 Å². The van der Waals surface area contributed by atoms with Crippen LogP contribution in [0.3, 0.4) is 0 Å².